The molecule has 1 aliphatic carbocycles. The van der Waals surface area contributed by atoms with E-state index < -0.39 is 0 Å². The summed E-state index contributed by atoms with van der Waals surface area (Å²) in [6.45, 7) is 8.64. The maximum Gasteiger partial charge on any atom is 0.237 e. The molecule has 3 aliphatic rings. The fourth-order valence-corrected chi connectivity index (χ4v) is 5.75. The number of carbonyl (C=O) groups excluding carboxylic acids is 3. The molecule has 0 aromatic rings. The fraction of sp³-hybridized carbons (Fsp3) is 0.880. The van der Waals surface area contributed by atoms with Crippen molar-refractivity contribution in [2.75, 3.05) is 26.2 Å². The van der Waals surface area contributed by atoms with Crippen molar-refractivity contribution in [2.45, 2.75) is 103 Å². The summed E-state index contributed by atoms with van der Waals surface area (Å²) in [6.07, 6.45) is 10.8. The van der Waals surface area contributed by atoms with Crippen LogP contribution in [-0.4, -0.2) is 60.4 Å². The molecule has 3 amide bonds. The number of hydrogen-bond acceptors (Lipinski definition) is 4. The van der Waals surface area contributed by atoms with Gasteiger partial charge in [0.1, 0.15) is 0 Å². The fourth-order valence-electron chi connectivity index (χ4n) is 5.75. The Hall–Kier alpha value is -1.63. The molecule has 32 heavy (non-hydrogen) atoms. The van der Waals surface area contributed by atoms with Gasteiger partial charge in [-0.2, -0.15) is 0 Å². The van der Waals surface area contributed by atoms with Crippen molar-refractivity contribution in [3.63, 3.8) is 0 Å². The van der Waals surface area contributed by atoms with Crippen molar-refractivity contribution in [3.8, 4) is 0 Å². The molecule has 3 rings (SSSR count). The molecule has 1 saturated carbocycles. The lowest BCUT2D eigenvalue weighted by molar-refractivity contribution is -0.146. The second-order valence-corrected chi connectivity index (χ2v) is 11.1. The highest BCUT2D eigenvalue weighted by atomic mass is 16.2. The first kappa shape index (κ1) is 25.0. The van der Waals surface area contributed by atoms with E-state index in [1.165, 1.54) is 19.3 Å². The van der Waals surface area contributed by atoms with Gasteiger partial charge in [-0.15, -0.1) is 0 Å². The van der Waals surface area contributed by atoms with Crippen LogP contribution >= 0.6 is 0 Å². The molecule has 0 aromatic carbocycles. The number of nitrogens with zero attached hydrogens (tertiary/aromatic N) is 1. The van der Waals surface area contributed by atoms with Crippen LogP contribution in [0.2, 0.25) is 0 Å². The zero-order valence-corrected chi connectivity index (χ0v) is 20.4. The van der Waals surface area contributed by atoms with Crippen LogP contribution in [0.1, 0.15) is 91.4 Å². The average molecular weight is 449 g/mol. The van der Waals surface area contributed by atoms with Crippen LogP contribution in [0, 0.1) is 11.3 Å². The number of nitrogens with one attached hydrogen (secondary N) is 3. The van der Waals surface area contributed by atoms with E-state index in [0.29, 0.717) is 32.0 Å². The number of amides is 3. The molecule has 2 heterocycles. The molecule has 2 saturated heterocycles. The van der Waals surface area contributed by atoms with Crippen molar-refractivity contribution >= 4 is 17.7 Å². The van der Waals surface area contributed by atoms with Gasteiger partial charge in [0.2, 0.25) is 17.7 Å². The predicted molar refractivity (Wildman–Crippen MR) is 126 cm³/mol. The molecule has 0 aromatic heterocycles. The van der Waals surface area contributed by atoms with E-state index in [9.17, 15) is 14.4 Å². The Balaban J connectivity index is 1.52. The molecule has 0 bridgehead atoms. The first-order valence-electron chi connectivity index (χ1n) is 12.8. The van der Waals surface area contributed by atoms with Crippen molar-refractivity contribution in [1.29, 1.82) is 0 Å². The SMILES string of the molecule is CC(C)(C)NC(=O)C1(C2CCCCC2)CCN(C(=O)CCNC(=O)[C@@H]2CCCCN2)CC1. The average Bonchev–Trinajstić information content (AvgIpc) is 2.79. The predicted octanol–water partition coefficient (Wildman–Crippen LogP) is 2.74. The van der Waals surface area contributed by atoms with E-state index in [4.69, 9.17) is 0 Å². The molecule has 7 nitrogen and oxygen atoms in total. The zero-order valence-electron chi connectivity index (χ0n) is 20.4. The summed E-state index contributed by atoms with van der Waals surface area (Å²) < 4.78 is 0. The van der Waals surface area contributed by atoms with E-state index in [2.05, 4.69) is 16.0 Å². The summed E-state index contributed by atoms with van der Waals surface area (Å²) in [7, 11) is 0. The Bertz CT molecular complexity index is 653. The lowest BCUT2D eigenvalue weighted by atomic mass is 9.63. The van der Waals surface area contributed by atoms with Crippen LogP contribution < -0.4 is 16.0 Å². The van der Waals surface area contributed by atoms with Crippen LogP contribution in [0.4, 0.5) is 0 Å². The van der Waals surface area contributed by atoms with Crippen LogP contribution in [0.25, 0.3) is 0 Å². The quantitative estimate of drug-likeness (QED) is 0.583. The highest BCUT2D eigenvalue weighted by Crippen LogP contribution is 2.46. The highest BCUT2D eigenvalue weighted by molar-refractivity contribution is 5.85. The summed E-state index contributed by atoms with van der Waals surface area (Å²) in [6, 6.07) is -0.119. The Kier molecular flexibility index (Phi) is 8.59. The molecule has 3 N–H and O–H groups in total. The summed E-state index contributed by atoms with van der Waals surface area (Å²) in [4.78, 5) is 40.4. The van der Waals surface area contributed by atoms with Gasteiger partial charge in [-0.3, -0.25) is 14.4 Å². The first-order chi connectivity index (χ1) is 15.2. The van der Waals surface area contributed by atoms with Gasteiger partial charge in [-0.05, 0) is 71.8 Å². The minimum Gasteiger partial charge on any atom is -0.354 e. The molecular formula is C25H44N4O3. The van der Waals surface area contributed by atoms with Gasteiger partial charge in [-0.1, -0.05) is 25.7 Å². The van der Waals surface area contributed by atoms with E-state index >= 15 is 0 Å². The van der Waals surface area contributed by atoms with Crippen LogP contribution in [0.15, 0.2) is 0 Å². The number of hydrogen-bond donors (Lipinski definition) is 3. The third-order valence-electron chi connectivity index (χ3n) is 7.60. The summed E-state index contributed by atoms with van der Waals surface area (Å²) in [5, 5.41) is 9.42. The Morgan fingerprint density at radius 3 is 2.22 bits per heavy atom. The largest absolute Gasteiger partial charge is 0.354 e. The molecule has 2 aliphatic heterocycles. The van der Waals surface area contributed by atoms with Gasteiger partial charge in [0, 0.05) is 31.6 Å². The minimum absolute atomic E-state index is 0.00584. The second kappa shape index (κ2) is 11.0. The topological polar surface area (TPSA) is 90.5 Å². The monoisotopic (exact) mass is 448 g/mol. The standard InChI is InChI=1S/C25H44N4O3/c1-24(2,3)28-23(32)25(19-9-5-4-6-10-19)13-17-29(18-14-25)21(30)12-16-27-22(31)20-11-7-8-15-26-20/h19-20,26H,4-18H2,1-3H3,(H,27,31)(H,28,32)/t20-/m0/s1. The first-order valence-corrected chi connectivity index (χ1v) is 12.8. The summed E-state index contributed by atoms with van der Waals surface area (Å²) in [5.41, 5.74) is -0.609. The Labute approximate surface area is 193 Å². The Morgan fingerprint density at radius 1 is 0.969 bits per heavy atom. The summed E-state index contributed by atoms with van der Waals surface area (Å²) in [5.74, 6) is 0.677. The number of likely N-dealkylation sites (tertiary alicyclic amines) is 1. The van der Waals surface area contributed by atoms with Crippen molar-refractivity contribution < 1.29 is 14.4 Å². The van der Waals surface area contributed by atoms with Gasteiger partial charge >= 0.3 is 0 Å². The van der Waals surface area contributed by atoms with E-state index in [-0.39, 0.29) is 34.7 Å². The number of rotatable bonds is 6. The van der Waals surface area contributed by atoms with Crippen LogP contribution in [0.3, 0.4) is 0 Å². The van der Waals surface area contributed by atoms with Gasteiger partial charge in [-0.25, -0.2) is 0 Å². The third kappa shape index (κ3) is 6.46. The van der Waals surface area contributed by atoms with Gasteiger partial charge in [0.05, 0.1) is 11.5 Å². The van der Waals surface area contributed by atoms with Crippen LogP contribution in [0.5, 0.6) is 0 Å². The maximum atomic E-state index is 13.4. The number of carbonyl (C=O) groups is 3. The summed E-state index contributed by atoms with van der Waals surface area (Å²) >= 11 is 0. The minimum atomic E-state index is -0.356. The van der Waals surface area contributed by atoms with Gasteiger partial charge in [0.15, 0.2) is 0 Å². The van der Waals surface area contributed by atoms with Crippen molar-refractivity contribution in [3.05, 3.63) is 0 Å². The highest BCUT2D eigenvalue weighted by Gasteiger charge is 2.48. The smallest absolute Gasteiger partial charge is 0.237 e. The lowest BCUT2D eigenvalue weighted by Crippen LogP contribution is -2.57. The molecule has 0 radical (unpaired) electrons. The molecule has 3 fully saturated rings. The third-order valence-corrected chi connectivity index (χ3v) is 7.60. The van der Waals surface area contributed by atoms with Crippen molar-refractivity contribution in [1.82, 2.24) is 20.9 Å². The zero-order chi connectivity index (χ0) is 23.2. The van der Waals surface area contributed by atoms with Gasteiger partial charge in [0.25, 0.3) is 0 Å². The normalized spacial score (nSPS) is 24.6. The van der Waals surface area contributed by atoms with E-state index in [1.807, 2.05) is 25.7 Å². The second-order valence-electron chi connectivity index (χ2n) is 11.1. The van der Waals surface area contributed by atoms with Crippen LogP contribution in [-0.2, 0) is 14.4 Å². The maximum absolute atomic E-state index is 13.4. The van der Waals surface area contributed by atoms with E-state index in [0.717, 1.165) is 51.5 Å². The lowest BCUT2D eigenvalue weighted by Gasteiger charge is -2.47. The Morgan fingerprint density at radius 2 is 1.62 bits per heavy atom. The molecule has 1 atom stereocenters. The van der Waals surface area contributed by atoms with Crippen molar-refractivity contribution in [2.24, 2.45) is 11.3 Å². The number of piperidine rings is 2. The van der Waals surface area contributed by atoms with E-state index in [1.54, 1.807) is 0 Å². The molecule has 0 unspecified atom stereocenters. The molecule has 7 heteroatoms. The molecular weight excluding hydrogens is 404 g/mol. The van der Waals surface area contributed by atoms with Gasteiger partial charge < -0.3 is 20.9 Å². The molecule has 182 valence electrons. The molecule has 0 spiro atoms.